The quantitative estimate of drug-likeness (QED) is 0.881. The molecule has 0 bridgehead atoms. The van der Waals surface area contributed by atoms with E-state index in [1.165, 1.54) is 36.4 Å². The van der Waals surface area contributed by atoms with Crippen LogP contribution in [0.5, 0.6) is 5.75 Å². The number of aromatic hydroxyl groups is 1. The van der Waals surface area contributed by atoms with Crippen molar-refractivity contribution in [1.82, 2.24) is 0 Å². The Hall–Kier alpha value is -1.85. The van der Waals surface area contributed by atoms with Crippen LogP contribution in [0.2, 0.25) is 5.02 Å². The number of carbonyl (C=O) groups excluding carboxylic acids is 1. The number of halogens is 1. The van der Waals surface area contributed by atoms with E-state index in [0.717, 1.165) is 0 Å². The highest BCUT2D eigenvalue weighted by molar-refractivity contribution is 7.92. The van der Waals surface area contributed by atoms with E-state index in [9.17, 15) is 13.2 Å². The van der Waals surface area contributed by atoms with Gasteiger partial charge in [0.2, 0.25) is 0 Å². The summed E-state index contributed by atoms with van der Waals surface area (Å²) in [5.41, 5.74) is 0.221. The van der Waals surface area contributed by atoms with Gasteiger partial charge in [0.1, 0.15) is 11.5 Å². The zero-order chi connectivity index (χ0) is 14.8. The summed E-state index contributed by atoms with van der Waals surface area (Å²) >= 11 is 5.84. The molecular weight excluding hydrogens is 300 g/mol. The first-order valence-electron chi connectivity index (χ1n) is 5.70. The molecule has 0 heterocycles. The number of hydrogen-bond donors (Lipinski definition) is 1. The molecule has 0 aromatic heterocycles. The van der Waals surface area contributed by atoms with Crippen LogP contribution in [0.15, 0.2) is 53.4 Å². The fourth-order valence-corrected chi connectivity index (χ4v) is 3.48. The van der Waals surface area contributed by atoms with Crippen molar-refractivity contribution in [2.24, 2.45) is 0 Å². The van der Waals surface area contributed by atoms with Crippen LogP contribution in [-0.4, -0.2) is 25.1 Å². The molecule has 104 valence electrons. The van der Waals surface area contributed by atoms with E-state index in [-0.39, 0.29) is 21.2 Å². The lowest BCUT2D eigenvalue weighted by molar-refractivity contribution is 0.102. The van der Waals surface area contributed by atoms with Gasteiger partial charge in [-0.25, -0.2) is 8.42 Å². The normalized spacial score (nSPS) is 11.2. The highest BCUT2D eigenvalue weighted by Gasteiger charge is 2.22. The molecule has 6 heteroatoms. The molecule has 0 amide bonds. The minimum atomic E-state index is -3.79. The van der Waals surface area contributed by atoms with Crippen molar-refractivity contribution in [3.8, 4) is 5.75 Å². The number of hydrogen-bond acceptors (Lipinski definition) is 4. The van der Waals surface area contributed by atoms with E-state index in [1.54, 1.807) is 12.1 Å². The summed E-state index contributed by atoms with van der Waals surface area (Å²) in [4.78, 5) is 11.9. The van der Waals surface area contributed by atoms with Crippen LogP contribution in [0.25, 0.3) is 0 Å². The first-order chi connectivity index (χ1) is 9.40. The average Bonchev–Trinajstić information content (AvgIpc) is 2.39. The fraction of sp³-hybridized carbons (Fsp3) is 0.0714. The molecule has 0 fully saturated rings. The van der Waals surface area contributed by atoms with E-state index in [1.807, 2.05) is 0 Å². The van der Waals surface area contributed by atoms with Gasteiger partial charge in [0, 0.05) is 5.56 Å². The summed E-state index contributed by atoms with van der Waals surface area (Å²) in [7, 11) is -3.79. The lowest BCUT2D eigenvalue weighted by Gasteiger charge is -2.06. The largest absolute Gasteiger partial charge is 0.508 e. The van der Waals surface area contributed by atoms with Crippen LogP contribution in [0.3, 0.4) is 0 Å². The summed E-state index contributed by atoms with van der Waals surface area (Å²) in [6.07, 6.45) is 0. The van der Waals surface area contributed by atoms with Gasteiger partial charge in [-0.2, -0.15) is 0 Å². The van der Waals surface area contributed by atoms with Crippen molar-refractivity contribution >= 4 is 27.2 Å². The summed E-state index contributed by atoms with van der Waals surface area (Å²) < 4.78 is 24.3. The number of phenols is 1. The Morgan fingerprint density at radius 1 is 1.05 bits per heavy atom. The Kier molecular flexibility index (Phi) is 4.11. The smallest absolute Gasteiger partial charge is 0.187 e. The first-order valence-corrected chi connectivity index (χ1v) is 7.73. The standard InChI is InChI=1S/C14H11ClO4S/c15-12-3-1-2-4-14(12)20(18,19)9-13(17)10-5-7-11(16)8-6-10/h1-8,16H,9H2. The fourth-order valence-electron chi connectivity index (χ4n) is 1.68. The van der Waals surface area contributed by atoms with Gasteiger partial charge in [-0.05, 0) is 36.4 Å². The highest BCUT2D eigenvalue weighted by Crippen LogP contribution is 2.22. The maximum atomic E-state index is 12.1. The Bertz CT molecular complexity index is 736. The van der Waals surface area contributed by atoms with Gasteiger partial charge in [0.05, 0.1) is 9.92 Å². The second-order valence-electron chi connectivity index (χ2n) is 4.16. The third-order valence-corrected chi connectivity index (χ3v) is 4.79. The van der Waals surface area contributed by atoms with Crippen molar-refractivity contribution in [2.45, 2.75) is 4.90 Å². The summed E-state index contributed by atoms with van der Waals surface area (Å²) in [5, 5.41) is 9.23. The maximum Gasteiger partial charge on any atom is 0.187 e. The van der Waals surface area contributed by atoms with E-state index in [2.05, 4.69) is 0 Å². The molecule has 2 aromatic carbocycles. The van der Waals surface area contributed by atoms with Crippen molar-refractivity contribution in [3.05, 3.63) is 59.1 Å². The molecule has 2 aromatic rings. The van der Waals surface area contributed by atoms with Crippen molar-refractivity contribution in [1.29, 1.82) is 0 Å². The predicted molar refractivity (Wildman–Crippen MR) is 75.9 cm³/mol. The Balaban J connectivity index is 2.27. The van der Waals surface area contributed by atoms with E-state index in [0.29, 0.717) is 0 Å². The predicted octanol–water partition coefficient (Wildman–Crippen LogP) is 2.70. The van der Waals surface area contributed by atoms with E-state index in [4.69, 9.17) is 16.7 Å². The zero-order valence-electron chi connectivity index (χ0n) is 10.3. The van der Waals surface area contributed by atoms with E-state index >= 15 is 0 Å². The van der Waals surface area contributed by atoms with Crippen LogP contribution in [0.4, 0.5) is 0 Å². The minimum absolute atomic E-state index is 0.00973. The minimum Gasteiger partial charge on any atom is -0.508 e. The number of ketones is 1. The topological polar surface area (TPSA) is 71.4 Å². The molecule has 0 aliphatic rings. The highest BCUT2D eigenvalue weighted by atomic mass is 35.5. The molecule has 0 aliphatic carbocycles. The third-order valence-electron chi connectivity index (χ3n) is 2.68. The van der Waals surface area contributed by atoms with Crippen molar-refractivity contribution in [3.63, 3.8) is 0 Å². The number of rotatable bonds is 4. The number of benzene rings is 2. The molecule has 2 rings (SSSR count). The van der Waals surface area contributed by atoms with Crippen LogP contribution in [0, 0.1) is 0 Å². The molecule has 0 atom stereocenters. The molecule has 0 spiro atoms. The van der Waals surface area contributed by atoms with Crippen LogP contribution in [-0.2, 0) is 9.84 Å². The first kappa shape index (κ1) is 14.6. The van der Waals surface area contributed by atoms with Gasteiger partial charge in [0.15, 0.2) is 15.6 Å². The lowest BCUT2D eigenvalue weighted by Crippen LogP contribution is -2.16. The Morgan fingerprint density at radius 3 is 2.25 bits per heavy atom. The SMILES string of the molecule is O=C(CS(=O)(=O)c1ccccc1Cl)c1ccc(O)cc1. The van der Waals surface area contributed by atoms with Gasteiger partial charge in [0.25, 0.3) is 0 Å². The molecular formula is C14H11ClO4S. The van der Waals surface area contributed by atoms with Gasteiger partial charge in [-0.3, -0.25) is 4.79 Å². The van der Waals surface area contributed by atoms with Gasteiger partial charge in [-0.1, -0.05) is 23.7 Å². The molecule has 0 saturated carbocycles. The molecule has 0 saturated heterocycles. The summed E-state index contributed by atoms with van der Waals surface area (Å²) in [6.45, 7) is 0. The van der Waals surface area contributed by atoms with Crippen molar-refractivity contribution in [2.75, 3.05) is 5.75 Å². The van der Waals surface area contributed by atoms with E-state index < -0.39 is 21.4 Å². The summed E-state index contributed by atoms with van der Waals surface area (Å²) in [5.74, 6) is -1.21. The number of Topliss-reactive ketones (excluding diaryl/α,β-unsaturated/α-hetero) is 1. The molecule has 20 heavy (non-hydrogen) atoms. The van der Waals surface area contributed by atoms with Gasteiger partial charge >= 0.3 is 0 Å². The Morgan fingerprint density at radius 2 is 1.65 bits per heavy atom. The molecule has 0 unspecified atom stereocenters. The van der Waals surface area contributed by atoms with Gasteiger partial charge in [-0.15, -0.1) is 0 Å². The van der Waals surface area contributed by atoms with Crippen LogP contribution in [0.1, 0.15) is 10.4 Å². The molecule has 4 nitrogen and oxygen atoms in total. The lowest BCUT2D eigenvalue weighted by atomic mass is 10.1. The number of phenolic OH excluding ortho intramolecular Hbond substituents is 1. The van der Waals surface area contributed by atoms with Gasteiger partial charge < -0.3 is 5.11 Å². The average molecular weight is 311 g/mol. The maximum absolute atomic E-state index is 12.1. The molecule has 0 radical (unpaired) electrons. The number of sulfone groups is 1. The molecule has 0 aliphatic heterocycles. The third kappa shape index (κ3) is 3.18. The monoisotopic (exact) mass is 310 g/mol. The van der Waals surface area contributed by atoms with Crippen molar-refractivity contribution < 1.29 is 18.3 Å². The zero-order valence-corrected chi connectivity index (χ0v) is 11.9. The second kappa shape index (κ2) is 5.64. The Labute approximate surface area is 121 Å². The second-order valence-corrected chi connectivity index (χ2v) is 6.52. The molecule has 1 N–H and O–H groups in total. The van der Waals surface area contributed by atoms with Crippen LogP contribution < -0.4 is 0 Å². The van der Waals surface area contributed by atoms with Crippen LogP contribution >= 0.6 is 11.6 Å². The summed E-state index contributed by atoms with van der Waals surface area (Å²) in [6, 6.07) is 11.4. The number of carbonyl (C=O) groups is 1.